The summed E-state index contributed by atoms with van der Waals surface area (Å²) in [6, 6.07) is 0. The Morgan fingerprint density at radius 3 is 1.87 bits per heavy atom. The van der Waals surface area contributed by atoms with E-state index in [-0.39, 0.29) is 5.97 Å². The standard InChI is InChI=1S/C21H40O2/c1-6-7-8-9-10-11-12-13-14-15-19(4)20(5)16-17-23-21(22)18(2)3/h19-20H,2,6-17H2,1,3-5H3. The lowest BCUT2D eigenvalue weighted by Crippen LogP contribution is -2.13. The Bertz CT molecular complexity index is 309. The third-order valence-corrected chi connectivity index (χ3v) is 4.89. The van der Waals surface area contributed by atoms with Crippen LogP contribution in [0.2, 0.25) is 0 Å². The van der Waals surface area contributed by atoms with E-state index in [9.17, 15) is 4.79 Å². The van der Waals surface area contributed by atoms with Crippen LogP contribution >= 0.6 is 0 Å². The van der Waals surface area contributed by atoms with Crippen molar-refractivity contribution in [1.29, 1.82) is 0 Å². The molecule has 0 aromatic heterocycles. The second kappa shape index (κ2) is 14.8. The molecule has 2 heteroatoms. The van der Waals surface area contributed by atoms with Gasteiger partial charge in [-0.05, 0) is 25.2 Å². The first kappa shape index (κ1) is 22.2. The molecule has 0 aliphatic rings. The molecule has 0 fully saturated rings. The van der Waals surface area contributed by atoms with Gasteiger partial charge in [0.2, 0.25) is 0 Å². The van der Waals surface area contributed by atoms with Crippen LogP contribution in [0.1, 0.15) is 98.3 Å². The minimum Gasteiger partial charge on any atom is -0.462 e. The minimum atomic E-state index is -0.260. The van der Waals surface area contributed by atoms with E-state index >= 15 is 0 Å². The van der Waals surface area contributed by atoms with Gasteiger partial charge in [0.05, 0.1) is 6.61 Å². The molecule has 0 heterocycles. The summed E-state index contributed by atoms with van der Waals surface area (Å²) < 4.78 is 5.18. The first-order chi connectivity index (χ1) is 11.0. The lowest BCUT2D eigenvalue weighted by Gasteiger charge is -2.19. The molecule has 2 nitrogen and oxygen atoms in total. The highest BCUT2D eigenvalue weighted by Gasteiger charge is 2.13. The van der Waals surface area contributed by atoms with Gasteiger partial charge in [0.15, 0.2) is 0 Å². The van der Waals surface area contributed by atoms with E-state index < -0.39 is 0 Å². The average Bonchev–Trinajstić information content (AvgIpc) is 2.52. The lowest BCUT2D eigenvalue weighted by atomic mass is 9.88. The number of hydrogen-bond acceptors (Lipinski definition) is 2. The predicted octanol–water partition coefficient (Wildman–Crippen LogP) is 6.69. The van der Waals surface area contributed by atoms with E-state index in [0.29, 0.717) is 24.0 Å². The van der Waals surface area contributed by atoms with E-state index in [1.807, 2.05) is 0 Å². The summed E-state index contributed by atoms with van der Waals surface area (Å²) >= 11 is 0. The van der Waals surface area contributed by atoms with Crippen LogP contribution in [-0.4, -0.2) is 12.6 Å². The van der Waals surface area contributed by atoms with Crippen molar-refractivity contribution in [3.8, 4) is 0 Å². The molecule has 0 rings (SSSR count). The first-order valence-corrected chi connectivity index (χ1v) is 9.81. The first-order valence-electron chi connectivity index (χ1n) is 9.81. The van der Waals surface area contributed by atoms with Gasteiger partial charge in [-0.1, -0.05) is 91.6 Å². The van der Waals surface area contributed by atoms with Crippen molar-refractivity contribution < 1.29 is 9.53 Å². The number of ether oxygens (including phenoxy) is 1. The summed E-state index contributed by atoms with van der Waals surface area (Å²) in [4.78, 5) is 11.3. The van der Waals surface area contributed by atoms with Gasteiger partial charge in [0.25, 0.3) is 0 Å². The van der Waals surface area contributed by atoms with Crippen LogP contribution in [0.25, 0.3) is 0 Å². The Morgan fingerprint density at radius 1 is 0.870 bits per heavy atom. The molecule has 0 saturated carbocycles. The molecule has 0 N–H and O–H groups in total. The van der Waals surface area contributed by atoms with Crippen LogP contribution in [0.5, 0.6) is 0 Å². The number of unbranched alkanes of at least 4 members (excludes halogenated alkanes) is 8. The van der Waals surface area contributed by atoms with E-state index in [0.717, 1.165) is 6.42 Å². The van der Waals surface area contributed by atoms with Crippen LogP contribution in [0.15, 0.2) is 12.2 Å². The minimum absolute atomic E-state index is 0.260. The Kier molecular flexibility index (Phi) is 14.3. The van der Waals surface area contributed by atoms with Gasteiger partial charge in [-0.25, -0.2) is 4.79 Å². The normalized spacial score (nSPS) is 13.6. The number of esters is 1. The second-order valence-corrected chi connectivity index (χ2v) is 7.28. The van der Waals surface area contributed by atoms with Gasteiger partial charge >= 0.3 is 5.97 Å². The van der Waals surface area contributed by atoms with Gasteiger partial charge < -0.3 is 4.74 Å². The molecule has 23 heavy (non-hydrogen) atoms. The number of hydrogen-bond donors (Lipinski definition) is 0. The molecule has 0 aromatic carbocycles. The number of carbonyl (C=O) groups excluding carboxylic acids is 1. The smallest absolute Gasteiger partial charge is 0.333 e. The van der Waals surface area contributed by atoms with Gasteiger partial charge in [0.1, 0.15) is 0 Å². The van der Waals surface area contributed by atoms with Gasteiger partial charge in [-0.2, -0.15) is 0 Å². The maximum atomic E-state index is 11.3. The Morgan fingerprint density at radius 2 is 1.35 bits per heavy atom. The number of carbonyl (C=O) groups is 1. The molecule has 0 radical (unpaired) electrons. The molecule has 0 saturated heterocycles. The predicted molar refractivity (Wildman–Crippen MR) is 101 cm³/mol. The SMILES string of the molecule is C=C(C)C(=O)OCCC(C)C(C)CCCCCCCCCCC. The summed E-state index contributed by atoms with van der Waals surface area (Å²) in [5.74, 6) is 1.06. The van der Waals surface area contributed by atoms with E-state index in [2.05, 4.69) is 27.4 Å². The molecule has 0 amide bonds. The summed E-state index contributed by atoms with van der Waals surface area (Å²) in [5, 5.41) is 0. The van der Waals surface area contributed by atoms with Crippen molar-refractivity contribution in [2.24, 2.45) is 11.8 Å². The molecule has 0 aliphatic carbocycles. The molecular weight excluding hydrogens is 284 g/mol. The van der Waals surface area contributed by atoms with Crippen LogP contribution in [0.3, 0.4) is 0 Å². The Balaban J connectivity index is 3.48. The molecule has 0 aromatic rings. The van der Waals surface area contributed by atoms with Crippen molar-refractivity contribution in [2.45, 2.75) is 98.3 Å². The van der Waals surface area contributed by atoms with E-state index in [1.54, 1.807) is 6.92 Å². The van der Waals surface area contributed by atoms with Crippen LogP contribution in [0, 0.1) is 11.8 Å². The topological polar surface area (TPSA) is 26.3 Å². The highest BCUT2D eigenvalue weighted by molar-refractivity contribution is 5.86. The Labute approximate surface area is 145 Å². The van der Waals surface area contributed by atoms with Gasteiger partial charge in [-0.3, -0.25) is 0 Å². The largest absolute Gasteiger partial charge is 0.462 e. The molecular formula is C21H40O2. The quantitative estimate of drug-likeness (QED) is 0.190. The molecule has 136 valence electrons. The summed E-state index contributed by atoms with van der Waals surface area (Å²) in [6.45, 7) is 12.7. The second-order valence-electron chi connectivity index (χ2n) is 7.28. The molecule has 0 spiro atoms. The van der Waals surface area contributed by atoms with Crippen molar-refractivity contribution in [1.82, 2.24) is 0 Å². The lowest BCUT2D eigenvalue weighted by molar-refractivity contribution is -0.139. The zero-order chi connectivity index (χ0) is 17.5. The third-order valence-electron chi connectivity index (χ3n) is 4.89. The van der Waals surface area contributed by atoms with Crippen molar-refractivity contribution in [2.75, 3.05) is 6.61 Å². The molecule has 2 atom stereocenters. The maximum absolute atomic E-state index is 11.3. The third kappa shape index (κ3) is 13.4. The van der Waals surface area contributed by atoms with E-state index in [4.69, 9.17) is 4.74 Å². The van der Waals surface area contributed by atoms with E-state index in [1.165, 1.54) is 64.2 Å². The fourth-order valence-corrected chi connectivity index (χ4v) is 2.81. The highest BCUT2D eigenvalue weighted by atomic mass is 16.5. The maximum Gasteiger partial charge on any atom is 0.333 e. The van der Waals surface area contributed by atoms with Crippen LogP contribution < -0.4 is 0 Å². The average molecular weight is 325 g/mol. The Hall–Kier alpha value is -0.790. The summed E-state index contributed by atoms with van der Waals surface area (Å²) in [6.07, 6.45) is 14.8. The zero-order valence-electron chi connectivity index (χ0n) is 16.2. The van der Waals surface area contributed by atoms with Crippen molar-refractivity contribution in [3.05, 3.63) is 12.2 Å². The fourth-order valence-electron chi connectivity index (χ4n) is 2.81. The molecule has 0 aliphatic heterocycles. The monoisotopic (exact) mass is 324 g/mol. The highest BCUT2D eigenvalue weighted by Crippen LogP contribution is 2.22. The summed E-state index contributed by atoms with van der Waals surface area (Å²) in [5.41, 5.74) is 0.486. The van der Waals surface area contributed by atoms with Gasteiger partial charge in [-0.15, -0.1) is 0 Å². The van der Waals surface area contributed by atoms with Crippen molar-refractivity contribution in [3.63, 3.8) is 0 Å². The molecule has 2 unspecified atom stereocenters. The summed E-state index contributed by atoms with van der Waals surface area (Å²) in [7, 11) is 0. The van der Waals surface area contributed by atoms with Gasteiger partial charge in [0, 0.05) is 5.57 Å². The fraction of sp³-hybridized carbons (Fsp3) is 0.857. The molecule has 0 bridgehead atoms. The van der Waals surface area contributed by atoms with Crippen molar-refractivity contribution >= 4 is 5.97 Å². The number of rotatable bonds is 15. The van der Waals surface area contributed by atoms with Crippen LogP contribution in [-0.2, 0) is 9.53 Å². The van der Waals surface area contributed by atoms with Crippen LogP contribution in [0.4, 0.5) is 0 Å². The zero-order valence-corrected chi connectivity index (χ0v) is 16.2.